The lowest BCUT2D eigenvalue weighted by Crippen LogP contribution is -2.28. The number of nitrogens with one attached hydrogen (secondary N) is 1. The lowest BCUT2D eigenvalue weighted by Gasteiger charge is -2.16. The number of anilines is 2. The standard InChI is InChI=1S/C16H14ClF3N4O/c17-10-3-4-12(11(9-10)16(18,19)20)22-15-21-6-5-13(23-15)14(25)24-7-1-2-8-24/h3-6,9H,1-2,7-8H2,(H,21,22,23). The molecular weight excluding hydrogens is 357 g/mol. The van der Waals surface area contributed by atoms with E-state index in [-0.39, 0.29) is 28.3 Å². The number of likely N-dealkylation sites (tertiary alicyclic amines) is 1. The molecule has 1 aliphatic rings. The van der Waals surface area contributed by atoms with Crippen LogP contribution in [0.25, 0.3) is 0 Å². The second-order valence-electron chi connectivity index (χ2n) is 5.58. The number of benzene rings is 1. The van der Waals surface area contributed by atoms with Gasteiger partial charge in [-0.25, -0.2) is 9.97 Å². The van der Waals surface area contributed by atoms with Gasteiger partial charge in [0.2, 0.25) is 5.95 Å². The van der Waals surface area contributed by atoms with E-state index in [0.717, 1.165) is 18.9 Å². The van der Waals surface area contributed by atoms with Crippen molar-refractivity contribution in [3.8, 4) is 0 Å². The Bertz CT molecular complexity index is 791. The van der Waals surface area contributed by atoms with Crippen LogP contribution in [0.1, 0.15) is 28.9 Å². The summed E-state index contributed by atoms with van der Waals surface area (Å²) in [5, 5.41) is 2.49. The van der Waals surface area contributed by atoms with Crippen LogP contribution in [-0.4, -0.2) is 33.9 Å². The first kappa shape index (κ1) is 17.5. The minimum absolute atomic E-state index is 0.0308. The van der Waals surface area contributed by atoms with Crippen molar-refractivity contribution in [1.82, 2.24) is 14.9 Å². The zero-order chi connectivity index (χ0) is 18.0. The Balaban J connectivity index is 1.87. The quantitative estimate of drug-likeness (QED) is 0.882. The summed E-state index contributed by atoms with van der Waals surface area (Å²) >= 11 is 5.66. The first-order valence-corrected chi connectivity index (χ1v) is 7.98. The number of carbonyl (C=O) groups is 1. The first-order valence-electron chi connectivity index (χ1n) is 7.61. The molecule has 0 radical (unpaired) electrons. The van der Waals surface area contributed by atoms with Gasteiger partial charge < -0.3 is 10.2 Å². The zero-order valence-electron chi connectivity index (χ0n) is 13.0. The average molecular weight is 371 g/mol. The summed E-state index contributed by atoms with van der Waals surface area (Å²) in [6, 6.07) is 4.79. The van der Waals surface area contributed by atoms with E-state index in [1.807, 2.05) is 0 Å². The van der Waals surface area contributed by atoms with Gasteiger partial charge in [0.15, 0.2) is 0 Å². The molecule has 0 spiro atoms. The number of amides is 1. The first-order chi connectivity index (χ1) is 11.8. The molecule has 0 bridgehead atoms. The molecular formula is C16H14ClF3N4O. The van der Waals surface area contributed by atoms with Gasteiger partial charge in [-0.3, -0.25) is 4.79 Å². The number of aromatic nitrogens is 2. The van der Waals surface area contributed by atoms with E-state index in [1.165, 1.54) is 24.4 Å². The third-order valence-corrected chi connectivity index (χ3v) is 4.04. The molecule has 1 N–H and O–H groups in total. The Morgan fingerprint density at radius 1 is 1.20 bits per heavy atom. The van der Waals surface area contributed by atoms with Gasteiger partial charge in [-0.1, -0.05) is 11.6 Å². The summed E-state index contributed by atoms with van der Waals surface area (Å²) in [6.07, 6.45) is -1.39. The molecule has 3 rings (SSSR count). The molecule has 9 heteroatoms. The molecule has 0 saturated carbocycles. The summed E-state index contributed by atoms with van der Waals surface area (Å²) in [7, 11) is 0. The highest BCUT2D eigenvalue weighted by molar-refractivity contribution is 6.30. The van der Waals surface area contributed by atoms with Crippen molar-refractivity contribution < 1.29 is 18.0 Å². The fourth-order valence-electron chi connectivity index (χ4n) is 2.60. The molecule has 0 aliphatic carbocycles. The van der Waals surface area contributed by atoms with Crippen LogP contribution >= 0.6 is 11.6 Å². The number of hydrogen-bond acceptors (Lipinski definition) is 4. The van der Waals surface area contributed by atoms with Crippen LogP contribution in [0.4, 0.5) is 24.8 Å². The average Bonchev–Trinajstić information content (AvgIpc) is 3.09. The van der Waals surface area contributed by atoms with E-state index < -0.39 is 11.7 Å². The van der Waals surface area contributed by atoms with Crippen LogP contribution in [0.3, 0.4) is 0 Å². The van der Waals surface area contributed by atoms with Crippen molar-refractivity contribution in [2.24, 2.45) is 0 Å². The monoisotopic (exact) mass is 370 g/mol. The van der Waals surface area contributed by atoms with Crippen LogP contribution in [0.2, 0.25) is 5.02 Å². The van der Waals surface area contributed by atoms with E-state index in [2.05, 4.69) is 15.3 Å². The maximum Gasteiger partial charge on any atom is 0.418 e. The number of rotatable bonds is 3. The summed E-state index contributed by atoms with van der Waals surface area (Å²) in [6.45, 7) is 1.31. The maximum absolute atomic E-state index is 13.1. The fourth-order valence-corrected chi connectivity index (χ4v) is 2.77. The van der Waals surface area contributed by atoms with E-state index in [1.54, 1.807) is 4.90 Å². The highest BCUT2D eigenvalue weighted by Gasteiger charge is 2.34. The molecule has 1 aromatic heterocycles. The predicted octanol–water partition coefficient (Wildman–Crippen LogP) is 4.13. The highest BCUT2D eigenvalue weighted by atomic mass is 35.5. The second-order valence-corrected chi connectivity index (χ2v) is 6.01. The van der Waals surface area contributed by atoms with Crippen LogP contribution < -0.4 is 5.32 Å². The molecule has 0 unspecified atom stereocenters. The Morgan fingerprint density at radius 3 is 2.60 bits per heavy atom. The van der Waals surface area contributed by atoms with Crippen molar-refractivity contribution in [2.45, 2.75) is 19.0 Å². The van der Waals surface area contributed by atoms with E-state index in [9.17, 15) is 18.0 Å². The largest absolute Gasteiger partial charge is 0.418 e. The molecule has 2 heterocycles. The number of nitrogens with zero attached hydrogens (tertiary/aromatic N) is 3. The zero-order valence-corrected chi connectivity index (χ0v) is 13.7. The van der Waals surface area contributed by atoms with Crippen LogP contribution in [-0.2, 0) is 6.18 Å². The van der Waals surface area contributed by atoms with Gasteiger partial charge >= 0.3 is 6.18 Å². The molecule has 1 aliphatic heterocycles. The Kier molecular flexibility index (Phi) is 4.80. The van der Waals surface area contributed by atoms with Gasteiger partial charge in [-0.2, -0.15) is 13.2 Å². The predicted molar refractivity (Wildman–Crippen MR) is 86.9 cm³/mol. The third kappa shape index (κ3) is 4.01. The van der Waals surface area contributed by atoms with Crippen molar-refractivity contribution in [3.05, 3.63) is 46.7 Å². The molecule has 2 aromatic rings. The van der Waals surface area contributed by atoms with E-state index in [4.69, 9.17) is 11.6 Å². The number of halogens is 4. The fraction of sp³-hybridized carbons (Fsp3) is 0.312. The van der Waals surface area contributed by atoms with Gasteiger partial charge in [0, 0.05) is 24.3 Å². The smallest absolute Gasteiger partial charge is 0.337 e. The number of hydrogen-bond donors (Lipinski definition) is 1. The van der Waals surface area contributed by atoms with Gasteiger partial charge in [0.1, 0.15) is 5.69 Å². The Labute approximate surface area is 146 Å². The van der Waals surface area contributed by atoms with Crippen molar-refractivity contribution in [3.63, 3.8) is 0 Å². The molecule has 5 nitrogen and oxygen atoms in total. The lowest BCUT2D eigenvalue weighted by atomic mass is 10.1. The molecule has 132 valence electrons. The SMILES string of the molecule is O=C(c1ccnc(Nc2ccc(Cl)cc2C(F)(F)F)n1)N1CCCC1. The minimum Gasteiger partial charge on any atom is -0.337 e. The van der Waals surface area contributed by atoms with Crippen molar-refractivity contribution in [2.75, 3.05) is 18.4 Å². The van der Waals surface area contributed by atoms with Crippen LogP contribution in [0.5, 0.6) is 0 Å². The molecule has 25 heavy (non-hydrogen) atoms. The van der Waals surface area contributed by atoms with Crippen LogP contribution in [0, 0.1) is 0 Å². The summed E-state index contributed by atoms with van der Waals surface area (Å²) < 4.78 is 39.4. The second kappa shape index (κ2) is 6.87. The number of carbonyl (C=O) groups excluding carboxylic acids is 1. The minimum atomic E-state index is -4.59. The molecule has 1 amide bonds. The molecule has 1 fully saturated rings. The maximum atomic E-state index is 13.1. The Morgan fingerprint density at radius 2 is 1.92 bits per heavy atom. The van der Waals surface area contributed by atoms with Crippen molar-refractivity contribution in [1.29, 1.82) is 0 Å². The molecule has 1 aromatic carbocycles. The normalized spacial score (nSPS) is 14.6. The number of alkyl halides is 3. The van der Waals surface area contributed by atoms with Gasteiger partial charge in [-0.05, 0) is 37.1 Å². The van der Waals surface area contributed by atoms with E-state index >= 15 is 0 Å². The Hall–Kier alpha value is -2.35. The third-order valence-electron chi connectivity index (χ3n) is 3.80. The summed E-state index contributed by atoms with van der Waals surface area (Å²) in [5.41, 5.74) is -1.02. The van der Waals surface area contributed by atoms with E-state index in [0.29, 0.717) is 13.1 Å². The van der Waals surface area contributed by atoms with Gasteiger partial charge in [-0.15, -0.1) is 0 Å². The lowest BCUT2D eigenvalue weighted by molar-refractivity contribution is -0.136. The van der Waals surface area contributed by atoms with Crippen LogP contribution in [0.15, 0.2) is 30.5 Å². The van der Waals surface area contributed by atoms with Gasteiger partial charge in [0.25, 0.3) is 5.91 Å². The van der Waals surface area contributed by atoms with Crippen molar-refractivity contribution >= 4 is 29.1 Å². The summed E-state index contributed by atoms with van der Waals surface area (Å²) in [5.74, 6) is -0.340. The van der Waals surface area contributed by atoms with Gasteiger partial charge in [0.05, 0.1) is 11.3 Å². The summed E-state index contributed by atoms with van der Waals surface area (Å²) in [4.78, 5) is 21.9. The molecule has 1 saturated heterocycles. The molecule has 0 atom stereocenters. The topological polar surface area (TPSA) is 58.1 Å². The highest BCUT2D eigenvalue weighted by Crippen LogP contribution is 2.37.